The van der Waals surface area contributed by atoms with Gasteiger partial charge in [-0.1, -0.05) is 18.2 Å². The van der Waals surface area contributed by atoms with Crippen LogP contribution in [0.4, 0.5) is 10.2 Å². The van der Waals surface area contributed by atoms with Crippen LogP contribution < -0.4 is 4.91 Å². The number of benzene rings is 1. The third-order valence-electron chi connectivity index (χ3n) is 4.32. The number of pyridine rings is 1. The minimum absolute atomic E-state index is 0.0295. The van der Waals surface area contributed by atoms with Crippen molar-refractivity contribution in [3.05, 3.63) is 65.7 Å². The van der Waals surface area contributed by atoms with Gasteiger partial charge in [0, 0.05) is 23.5 Å². The molecule has 2 N–H and O–H groups in total. The molecular weight excluding hydrogens is 391 g/mol. The van der Waals surface area contributed by atoms with Crippen LogP contribution in [0.3, 0.4) is 0 Å². The molecule has 4 aromatic rings. The maximum absolute atomic E-state index is 14.1. The fourth-order valence-electron chi connectivity index (χ4n) is 3.01. The third kappa shape index (κ3) is 3.64. The maximum atomic E-state index is 14.1. The fourth-order valence-corrected chi connectivity index (χ4v) is 3.01. The van der Waals surface area contributed by atoms with E-state index in [0.717, 1.165) is 0 Å². The van der Waals surface area contributed by atoms with Crippen molar-refractivity contribution < 1.29 is 14.3 Å². The Morgan fingerprint density at radius 2 is 2.03 bits per heavy atom. The Balaban J connectivity index is 1.84. The molecule has 0 bridgehead atoms. The van der Waals surface area contributed by atoms with Crippen LogP contribution in [-0.4, -0.2) is 35.8 Å². The lowest BCUT2D eigenvalue weighted by Gasteiger charge is -2.04. The number of carboxylic acids is 1. The highest BCUT2D eigenvalue weighted by Crippen LogP contribution is 2.27. The molecule has 3 heterocycles. The number of aromatic nitrogens is 5. The lowest BCUT2D eigenvalue weighted by Crippen LogP contribution is -2.05. The first-order chi connectivity index (χ1) is 14.6. The molecule has 0 amide bonds. The van der Waals surface area contributed by atoms with E-state index in [2.05, 4.69) is 30.1 Å². The molecule has 30 heavy (non-hydrogen) atoms. The van der Waals surface area contributed by atoms with Crippen molar-refractivity contribution in [2.75, 3.05) is 0 Å². The van der Waals surface area contributed by atoms with Crippen LogP contribution in [0, 0.1) is 11.3 Å². The van der Waals surface area contributed by atoms with Crippen LogP contribution in [-0.2, 0) is 17.8 Å². The standard InChI is InChI=1S/C19H13FN8O2/c20-14-6-2-1-4-11(14)10-28-19-13(5-3-7-22-19)16(26-28)18-23-9-12(8-15(29)30)17(24-18)25-27-21/h1-7,9,21H,8,10H2/p+1. The highest BCUT2D eigenvalue weighted by atomic mass is 19.1. The number of hydrogen-bond donors (Lipinski definition) is 2. The first kappa shape index (κ1) is 19.0. The number of fused-ring (bicyclic) bond motifs is 1. The number of halogens is 1. The van der Waals surface area contributed by atoms with E-state index in [-0.39, 0.29) is 36.0 Å². The van der Waals surface area contributed by atoms with Crippen LogP contribution in [0.25, 0.3) is 22.6 Å². The van der Waals surface area contributed by atoms with Crippen molar-refractivity contribution in [1.82, 2.24) is 29.6 Å². The van der Waals surface area contributed by atoms with Gasteiger partial charge in [-0.15, -0.1) is 0 Å². The SMILES string of the molecule is N=[N+]=Nc1nc(-c2nn(Cc3ccccc3F)c3ncccc23)ncc1CC(=O)O. The van der Waals surface area contributed by atoms with Gasteiger partial charge in [-0.05, 0) is 18.2 Å². The quantitative estimate of drug-likeness (QED) is 0.373. The van der Waals surface area contributed by atoms with Crippen molar-refractivity contribution in [2.24, 2.45) is 5.11 Å². The summed E-state index contributed by atoms with van der Waals surface area (Å²) in [5.74, 6) is -1.31. The number of carboxylic acid groups (broad SMARTS) is 1. The van der Waals surface area contributed by atoms with E-state index in [1.54, 1.807) is 41.2 Å². The van der Waals surface area contributed by atoms with Gasteiger partial charge in [0.05, 0.1) is 18.4 Å². The first-order valence-corrected chi connectivity index (χ1v) is 8.77. The topological polar surface area (TPSA) is 144 Å². The van der Waals surface area contributed by atoms with Crippen molar-refractivity contribution in [3.8, 4) is 11.5 Å². The molecule has 0 saturated carbocycles. The minimum atomic E-state index is -1.09. The predicted molar refractivity (Wildman–Crippen MR) is 102 cm³/mol. The molecule has 1 aromatic carbocycles. The Hall–Kier alpha value is -4.37. The minimum Gasteiger partial charge on any atom is -0.481 e. The molecule has 0 aliphatic rings. The summed E-state index contributed by atoms with van der Waals surface area (Å²) in [4.78, 5) is 26.8. The fraction of sp³-hybridized carbons (Fsp3) is 0.105. The molecule has 0 saturated heterocycles. The summed E-state index contributed by atoms with van der Waals surface area (Å²) < 4.78 is 15.7. The smallest absolute Gasteiger partial charge is 0.308 e. The average Bonchev–Trinajstić information content (AvgIpc) is 3.09. The number of nitrogens with one attached hydrogen (secondary N) is 1. The van der Waals surface area contributed by atoms with E-state index in [4.69, 9.17) is 10.6 Å². The van der Waals surface area contributed by atoms with Gasteiger partial charge in [0.25, 0.3) is 0 Å². The largest absolute Gasteiger partial charge is 0.481 e. The molecule has 4 rings (SSSR count). The highest BCUT2D eigenvalue weighted by molar-refractivity contribution is 5.89. The summed E-state index contributed by atoms with van der Waals surface area (Å²) in [5, 5.41) is 17.8. The van der Waals surface area contributed by atoms with Crippen LogP contribution in [0.1, 0.15) is 11.1 Å². The zero-order valence-corrected chi connectivity index (χ0v) is 15.4. The van der Waals surface area contributed by atoms with Gasteiger partial charge >= 0.3 is 5.97 Å². The van der Waals surface area contributed by atoms with Gasteiger partial charge in [0.2, 0.25) is 10.7 Å². The van der Waals surface area contributed by atoms with Gasteiger partial charge in [0.1, 0.15) is 17.0 Å². The summed E-state index contributed by atoms with van der Waals surface area (Å²) in [6.07, 6.45) is 2.55. The molecular formula is C19H14FN8O2+. The second-order valence-corrected chi connectivity index (χ2v) is 6.29. The second kappa shape index (κ2) is 7.94. The molecule has 3 aromatic heterocycles. The summed E-state index contributed by atoms with van der Waals surface area (Å²) in [7, 11) is 0. The summed E-state index contributed by atoms with van der Waals surface area (Å²) in [6, 6.07) is 9.89. The van der Waals surface area contributed by atoms with Crippen molar-refractivity contribution in [1.29, 1.82) is 5.53 Å². The van der Waals surface area contributed by atoms with Crippen LogP contribution in [0.5, 0.6) is 0 Å². The van der Waals surface area contributed by atoms with Gasteiger partial charge < -0.3 is 5.11 Å². The van der Waals surface area contributed by atoms with Gasteiger partial charge in [-0.25, -0.2) is 24.0 Å². The molecule has 0 atom stereocenters. The lowest BCUT2D eigenvalue weighted by molar-refractivity contribution is -0.136. The van der Waals surface area contributed by atoms with Gasteiger partial charge in [-0.3, -0.25) is 4.79 Å². The molecule has 10 nitrogen and oxygen atoms in total. The predicted octanol–water partition coefficient (Wildman–Crippen LogP) is 2.88. The number of nitrogens with zero attached hydrogens (tertiary/aromatic N) is 7. The zero-order chi connectivity index (χ0) is 21.1. The average molecular weight is 405 g/mol. The van der Waals surface area contributed by atoms with E-state index in [1.807, 2.05) is 0 Å². The molecule has 11 heteroatoms. The van der Waals surface area contributed by atoms with Gasteiger partial charge in [0.15, 0.2) is 16.6 Å². The Morgan fingerprint density at radius 3 is 2.80 bits per heavy atom. The molecule has 148 valence electrons. The monoisotopic (exact) mass is 405 g/mol. The molecule has 0 radical (unpaired) electrons. The number of aliphatic carboxylic acids is 1. The van der Waals surface area contributed by atoms with Crippen LogP contribution in [0.15, 0.2) is 53.9 Å². The molecule has 0 spiro atoms. The third-order valence-corrected chi connectivity index (χ3v) is 4.32. The van der Waals surface area contributed by atoms with Crippen molar-refractivity contribution in [2.45, 2.75) is 13.0 Å². The van der Waals surface area contributed by atoms with E-state index in [1.165, 1.54) is 12.3 Å². The molecule has 0 aliphatic heterocycles. The molecule has 0 fully saturated rings. The van der Waals surface area contributed by atoms with E-state index in [0.29, 0.717) is 22.3 Å². The Morgan fingerprint density at radius 1 is 1.20 bits per heavy atom. The molecule has 0 unspecified atom stereocenters. The van der Waals surface area contributed by atoms with E-state index in [9.17, 15) is 9.18 Å². The highest BCUT2D eigenvalue weighted by Gasteiger charge is 2.20. The lowest BCUT2D eigenvalue weighted by atomic mass is 10.2. The Bertz CT molecular complexity index is 1310. The number of rotatable bonds is 6. The van der Waals surface area contributed by atoms with Crippen LogP contribution >= 0.6 is 0 Å². The van der Waals surface area contributed by atoms with Crippen molar-refractivity contribution >= 4 is 22.8 Å². The van der Waals surface area contributed by atoms with Crippen molar-refractivity contribution in [3.63, 3.8) is 0 Å². The summed E-state index contributed by atoms with van der Waals surface area (Å²) in [6.45, 7) is 0.149. The second-order valence-electron chi connectivity index (χ2n) is 6.29. The Kier molecular flexibility index (Phi) is 5.02. The molecule has 0 aliphatic carbocycles. The number of carbonyl (C=O) groups is 1. The first-order valence-electron chi connectivity index (χ1n) is 8.77. The van der Waals surface area contributed by atoms with Crippen LogP contribution in [0.2, 0.25) is 0 Å². The zero-order valence-electron chi connectivity index (χ0n) is 15.4. The summed E-state index contributed by atoms with van der Waals surface area (Å²) in [5.41, 5.74) is 8.51. The number of hydrogen-bond acceptors (Lipinski definition) is 7. The Labute approximate surface area is 168 Å². The van der Waals surface area contributed by atoms with Gasteiger partial charge in [-0.2, -0.15) is 5.10 Å². The van der Waals surface area contributed by atoms with E-state index >= 15 is 0 Å². The summed E-state index contributed by atoms with van der Waals surface area (Å²) >= 11 is 0. The van der Waals surface area contributed by atoms with E-state index < -0.39 is 5.97 Å². The maximum Gasteiger partial charge on any atom is 0.308 e. The normalized spacial score (nSPS) is 10.7.